The van der Waals surface area contributed by atoms with E-state index >= 15 is 0 Å². The Balaban J connectivity index is 2.72. The highest BCUT2D eigenvalue weighted by Crippen LogP contribution is 2.21. The van der Waals surface area contributed by atoms with Crippen molar-refractivity contribution >= 4 is 10.2 Å². The lowest BCUT2D eigenvalue weighted by molar-refractivity contribution is 0.380. The molecule has 0 radical (unpaired) electrons. The van der Waals surface area contributed by atoms with Gasteiger partial charge >= 0.3 is 0 Å². The largest absolute Gasteiger partial charge is 0.277 e. The van der Waals surface area contributed by atoms with Crippen LogP contribution in [0.15, 0.2) is 0 Å². The first kappa shape index (κ1) is 8.96. The molecule has 0 aromatic carbocycles. The van der Waals surface area contributed by atoms with Crippen molar-refractivity contribution in [3.8, 4) is 0 Å². The van der Waals surface area contributed by atoms with Crippen LogP contribution in [0.1, 0.15) is 26.2 Å². The van der Waals surface area contributed by atoms with Gasteiger partial charge in [-0.15, -0.1) is 0 Å². The summed E-state index contributed by atoms with van der Waals surface area (Å²) in [5.74, 6) is 0. The third kappa shape index (κ3) is 1.91. The minimum Gasteiger partial charge on any atom is -0.216 e. The fraction of sp³-hybridized carbons (Fsp3) is 1.00. The monoisotopic (exact) mass is 178 g/mol. The van der Waals surface area contributed by atoms with Gasteiger partial charge in [-0.3, -0.25) is 0 Å². The lowest BCUT2D eigenvalue weighted by Crippen LogP contribution is -2.39. The first-order valence-corrected chi connectivity index (χ1v) is 5.35. The average Bonchev–Trinajstić information content (AvgIpc) is 2.31. The first-order valence-electron chi connectivity index (χ1n) is 3.85. The highest BCUT2D eigenvalue weighted by molar-refractivity contribution is 7.86. The van der Waals surface area contributed by atoms with E-state index in [0.717, 1.165) is 19.3 Å². The molecule has 0 amide bonds. The Morgan fingerprint density at radius 2 is 2.27 bits per heavy atom. The molecule has 1 aliphatic rings. The van der Waals surface area contributed by atoms with Crippen LogP contribution in [0, 0.1) is 0 Å². The van der Waals surface area contributed by atoms with Gasteiger partial charge in [0.1, 0.15) is 0 Å². The van der Waals surface area contributed by atoms with Gasteiger partial charge in [0.25, 0.3) is 10.2 Å². The van der Waals surface area contributed by atoms with Crippen molar-refractivity contribution in [2.75, 3.05) is 6.54 Å². The van der Waals surface area contributed by atoms with Gasteiger partial charge < -0.3 is 0 Å². The van der Waals surface area contributed by atoms with E-state index in [-0.39, 0.29) is 6.04 Å². The smallest absolute Gasteiger partial charge is 0.216 e. The third-order valence-electron chi connectivity index (χ3n) is 2.12. The highest BCUT2D eigenvalue weighted by Gasteiger charge is 2.30. The van der Waals surface area contributed by atoms with E-state index in [1.54, 1.807) is 0 Å². The quantitative estimate of drug-likeness (QED) is 0.650. The molecule has 0 aromatic heterocycles. The summed E-state index contributed by atoms with van der Waals surface area (Å²) in [6, 6.07) is 0.144. The number of nitrogens with two attached hydrogens (primary N) is 1. The van der Waals surface area contributed by atoms with Crippen LogP contribution < -0.4 is 5.14 Å². The average molecular weight is 178 g/mol. The molecular formula is C6H14N2O2S. The Bertz CT molecular complexity index is 225. The molecule has 0 bridgehead atoms. The predicted octanol–water partition coefficient (Wildman–Crippen LogP) is 0.0643. The van der Waals surface area contributed by atoms with E-state index in [0.29, 0.717) is 6.54 Å². The van der Waals surface area contributed by atoms with E-state index in [2.05, 4.69) is 0 Å². The van der Waals surface area contributed by atoms with Crippen LogP contribution >= 0.6 is 0 Å². The molecule has 2 N–H and O–H groups in total. The van der Waals surface area contributed by atoms with Gasteiger partial charge in [-0.2, -0.15) is 12.7 Å². The molecule has 66 valence electrons. The molecule has 1 aliphatic heterocycles. The lowest BCUT2D eigenvalue weighted by atomic mass is 10.2. The number of nitrogens with zero attached hydrogens (tertiary/aromatic N) is 1. The molecule has 0 saturated carbocycles. The van der Waals surface area contributed by atoms with Crippen molar-refractivity contribution in [3.05, 3.63) is 0 Å². The Hall–Kier alpha value is -0.130. The van der Waals surface area contributed by atoms with Gasteiger partial charge in [-0.05, 0) is 19.3 Å². The van der Waals surface area contributed by atoms with Crippen LogP contribution in [-0.4, -0.2) is 25.3 Å². The lowest BCUT2D eigenvalue weighted by Gasteiger charge is -2.19. The SMILES string of the molecule is CCC1CCCN1S(N)(=O)=O. The minimum atomic E-state index is -3.43. The number of rotatable bonds is 2. The normalized spacial score (nSPS) is 27.6. The second-order valence-electron chi connectivity index (χ2n) is 2.86. The van der Waals surface area contributed by atoms with Crippen LogP contribution in [0.3, 0.4) is 0 Å². The van der Waals surface area contributed by atoms with Crippen molar-refractivity contribution in [1.82, 2.24) is 4.31 Å². The predicted molar refractivity (Wildman–Crippen MR) is 43.1 cm³/mol. The van der Waals surface area contributed by atoms with Gasteiger partial charge in [0, 0.05) is 12.6 Å². The summed E-state index contributed by atoms with van der Waals surface area (Å²) in [5, 5.41) is 5.00. The Morgan fingerprint density at radius 1 is 1.64 bits per heavy atom. The molecule has 1 rings (SSSR count). The summed E-state index contributed by atoms with van der Waals surface area (Å²) in [7, 11) is -3.43. The molecule has 0 spiro atoms. The molecule has 11 heavy (non-hydrogen) atoms. The van der Waals surface area contributed by atoms with Crippen molar-refractivity contribution in [2.45, 2.75) is 32.2 Å². The topological polar surface area (TPSA) is 63.4 Å². The molecule has 4 nitrogen and oxygen atoms in total. The maximum absolute atomic E-state index is 10.9. The number of hydrogen-bond acceptors (Lipinski definition) is 2. The van der Waals surface area contributed by atoms with Crippen molar-refractivity contribution < 1.29 is 8.42 Å². The summed E-state index contributed by atoms with van der Waals surface area (Å²) in [6.45, 7) is 2.57. The molecule has 1 saturated heterocycles. The molecular weight excluding hydrogens is 164 g/mol. The fourth-order valence-corrected chi connectivity index (χ4v) is 2.61. The Morgan fingerprint density at radius 3 is 2.64 bits per heavy atom. The van der Waals surface area contributed by atoms with E-state index in [9.17, 15) is 8.42 Å². The van der Waals surface area contributed by atoms with Gasteiger partial charge in [0.15, 0.2) is 0 Å². The molecule has 5 heteroatoms. The summed E-state index contributed by atoms with van der Waals surface area (Å²) in [6.07, 6.45) is 2.75. The van der Waals surface area contributed by atoms with Gasteiger partial charge in [-0.1, -0.05) is 6.92 Å². The van der Waals surface area contributed by atoms with E-state index in [4.69, 9.17) is 5.14 Å². The summed E-state index contributed by atoms with van der Waals surface area (Å²) in [4.78, 5) is 0. The molecule has 0 aromatic rings. The zero-order valence-corrected chi connectivity index (χ0v) is 7.47. The van der Waals surface area contributed by atoms with E-state index in [1.807, 2.05) is 6.92 Å². The zero-order valence-electron chi connectivity index (χ0n) is 6.66. The maximum atomic E-state index is 10.9. The molecule has 1 unspecified atom stereocenters. The minimum absolute atomic E-state index is 0.144. The van der Waals surface area contributed by atoms with Crippen LogP contribution in [-0.2, 0) is 10.2 Å². The van der Waals surface area contributed by atoms with Crippen LogP contribution in [0.25, 0.3) is 0 Å². The zero-order chi connectivity index (χ0) is 8.48. The van der Waals surface area contributed by atoms with Gasteiger partial charge in [0.2, 0.25) is 0 Å². The summed E-state index contributed by atoms with van der Waals surface area (Å²) >= 11 is 0. The Labute approximate surface area is 67.6 Å². The molecule has 1 atom stereocenters. The van der Waals surface area contributed by atoms with Crippen molar-refractivity contribution in [2.24, 2.45) is 5.14 Å². The van der Waals surface area contributed by atoms with Crippen LogP contribution in [0.2, 0.25) is 0 Å². The van der Waals surface area contributed by atoms with Crippen molar-refractivity contribution in [1.29, 1.82) is 0 Å². The first-order chi connectivity index (χ1) is 5.05. The number of hydrogen-bond donors (Lipinski definition) is 1. The highest BCUT2D eigenvalue weighted by atomic mass is 32.2. The standard InChI is InChI=1S/C6H14N2O2S/c1-2-6-4-3-5-8(6)11(7,9)10/h6H,2-5H2,1H3,(H2,7,9,10). The maximum Gasteiger partial charge on any atom is 0.277 e. The van der Waals surface area contributed by atoms with E-state index < -0.39 is 10.2 Å². The second kappa shape index (κ2) is 3.08. The molecule has 1 heterocycles. The fourth-order valence-electron chi connectivity index (χ4n) is 1.55. The Kier molecular flexibility index (Phi) is 2.51. The van der Waals surface area contributed by atoms with E-state index in [1.165, 1.54) is 4.31 Å². The van der Waals surface area contributed by atoms with Crippen LogP contribution in [0.4, 0.5) is 0 Å². The second-order valence-corrected chi connectivity index (χ2v) is 4.36. The van der Waals surface area contributed by atoms with Gasteiger partial charge in [-0.25, -0.2) is 5.14 Å². The van der Waals surface area contributed by atoms with Gasteiger partial charge in [0.05, 0.1) is 0 Å². The third-order valence-corrected chi connectivity index (χ3v) is 3.26. The molecule has 0 aliphatic carbocycles. The van der Waals surface area contributed by atoms with Crippen molar-refractivity contribution in [3.63, 3.8) is 0 Å². The summed E-state index contributed by atoms with van der Waals surface area (Å²) in [5.41, 5.74) is 0. The summed E-state index contributed by atoms with van der Waals surface area (Å²) < 4.78 is 23.2. The van der Waals surface area contributed by atoms with Crippen LogP contribution in [0.5, 0.6) is 0 Å². The molecule has 1 fully saturated rings.